The third kappa shape index (κ3) is 4.57. The summed E-state index contributed by atoms with van der Waals surface area (Å²) >= 11 is 0. The molecule has 0 radical (unpaired) electrons. The Morgan fingerprint density at radius 2 is 0.740 bits per heavy atom. The van der Waals surface area contributed by atoms with Crippen LogP contribution in [-0.2, 0) is 0 Å². The normalized spacial score (nSPS) is 15.2. The summed E-state index contributed by atoms with van der Waals surface area (Å²) in [6, 6.07) is 28.5. The molecule has 0 saturated heterocycles. The summed E-state index contributed by atoms with van der Waals surface area (Å²) in [7, 11) is 0. The van der Waals surface area contributed by atoms with Crippen molar-refractivity contribution in [2.45, 2.75) is 0 Å². The Labute approximate surface area is 309 Å². The van der Waals surface area contributed by atoms with Crippen molar-refractivity contribution in [3.8, 4) is 44.8 Å². The van der Waals surface area contributed by atoms with E-state index in [4.69, 9.17) is 5.48 Å². The van der Waals surface area contributed by atoms with Gasteiger partial charge in [-0.15, -0.1) is 0 Å². The zero-order valence-corrected chi connectivity index (χ0v) is 26.4. The van der Waals surface area contributed by atoms with Gasteiger partial charge in [-0.1, -0.05) is 133 Å². The molecule has 0 aliphatic rings. The van der Waals surface area contributed by atoms with E-state index in [0.29, 0.717) is 16.9 Å². The fraction of sp³-hybridized carbons (Fsp3) is 0. The van der Waals surface area contributed by atoms with Gasteiger partial charge in [0.15, 0.2) is 0 Å². The Kier molecular flexibility index (Phi) is 4.19. The number of para-hydroxylation sites is 2. The van der Waals surface area contributed by atoms with Crippen LogP contribution in [0.3, 0.4) is 0 Å². The summed E-state index contributed by atoms with van der Waals surface area (Å²) in [6.45, 7) is 0. The molecule has 0 spiro atoms. The van der Waals surface area contributed by atoms with Crippen molar-refractivity contribution >= 4 is 43.6 Å². The molecule has 0 saturated carbocycles. The van der Waals surface area contributed by atoms with E-state index >= 15 is 0 Å². The van der Waals surface area contributed by atoms with Gasteiger partial charge in [0.25, 0.3) is 0 Å². The first-order valence-corrected chi connectivity index (χ1v) is 16.1. The molecule has 2 aromatic heterocycles. The quantitative estimate of drug-likeness (QED) is 0.176. The summed E-state index contributed by atoms with van der Waals surface area (Å²) in [4.78, 5) is 0. The van der Waals surface area contributed by atoms with Crippen LogP contribution in [0.1, 0.15) is 17.8 Å². The molecule has 0 atom stereocenters. The SMILES string of the molecule is [2H]c1c([2H])c([2H])c2c(c1[2H])c1c([2H])c(-c3c([2H])c([2H])c4c(c3[2H])c3c([2H])c([2H])c(-c5ccccc5)c([2H])c3n4-c3ccccc3)c([2H])c([2H])c1n2-c1ccc(-c2ccccc2)cc1. The smallest absolute Gasteiger partial charge is 0.0652 e. The number of hydrogen-bond acceptors (Lipinski definition) is 0. The Balaban J connectivity index is 1.35. The van der Waals surface area contributed by atoms with Crippen molar-refractivity contribution in [1.29, 1.82) is 0 Å². The molecule has 0 unspecified atom stereocenters. The van der Waals surface area contributed by atoms with Gasteiger partial charge in [-0.25, -0.2) is 0 Å². The van der Waals surface area contributed by atoms with E-state index in [1.807, 2.05) is 42.5 Å². The molecule has 0 aliphatic heterocycles. The maximum absolute atomic E-state index is 9.85. The van der Waals surface area contributed by atoms with Gasteiger partial charge >= 0.3 is 0 Å². The number of benzene rings is 8. The Hall–Kier alpha value is -6.64. The molecule has 50 heavy (non-hydrogen) atoms. The van der Waals surface area contributed by atoms with Crippen LogP contribution in [0, 0.1) is 0 Å². The van der Waals surface area contributed by atoms with E-state index in [0.717, 1.165) is 11.1 Å². The molecule has 0 amide bonds. The van der Waals surface area contributed by atoms with Crippen LogP contribution in [0.15, 0.2) is 194 Å². The minimum Gasteiger partial charge on any atom is -0.309 e. The number of fused-ring (bicyclic) bond motifs is 6. The number of hydrogen-bond donors (Lipinski definition) is 0. The Bertz CT molecular complexity index is 3570. The van der Waals surface area contributed by atoms with Crippen LogP contribution >= 0.6 is 0 Å². The second-order valence-electron chi connectivity index (χ2n) is 11.9. The lowest BCUT2D eigenvalue weighted by Crippen LogP contribution is -1.94. The minimum absolute atomic E-state index is 0.00168. The minimum atomic E-state index is -0.583. The predicted molar refractivity (Wildman–Crippen MR) is 211 cm³/mol. The van der Waals surface area contributed by atoms with E-state index in [1.165, 1.54) is 4.57 Å². The lowest BCUT2D eigenvalue weighted by Gasteiger charge is -2.10. The van der Waals surface area contributed by atoms with Gasteiger partial charge in [-0.05, 0) is 93.9 Å². The molecule has 0 fully saturated rings. The molecule has 0 aliphatic carbocycles. The van der Waals surface area contributed by atoms with Crippen LogP contribution in [0.25, 0.3) is 88.4 Å². The molecule has 10 rings (SSSR count). The highest BCUT2D eigenvalue weighted by Crippen LogP contribution is 2.39. The molecule has 10 aromatic rings. The van der Waals surface area contributed by atoms with E-state index in [2.05, 4.69) is 0 Å². The molecular formula is C48H32N2. The molecule has 2 heteroatoms. The summed E-state index contributed by atoms with van der Waals surface area (Å²) in [6.07, 6.45) is 0. The molecule has 2 nitrogen and oxygen atoms in total. The highest BCUT2D eigenvalue weighted by atomic mass is 15.0. The molecule has 0 N–H and O–H groups in total. The number of nitrogens with zero attached hydrogens (tertiary/aromatic N) is 2. The van der Waals surface area contributed by atoms with Gasteiger partial charge in [0.05, 0.1) is 39.9 Å². The topological polar surface area (TPSA) is 9.86 Å². The van der Waals surface area contributed by atoms with Crippen LogP contribution < -0.4 is 0 Å². The maximum Gasteiger partial charge on any atom is 0.0652 e. The lowest BCUT2D eigenvalue weighted by atomic mass is 9.99. The van der Waals surface area contributed by atoms with Crippen LogP contribution in [0.5, 0.6) is 0 Å². The van der Waals surface area contributed by atoms with Crippen molar-refractivity contribution in [1.82, 2.24) is 9.13 Å². The monoisotopic (exact) mass is 649 g/mol. The molecule has 0 bridgehead atoms. The van der Waals surface area contributed by atoms with Gasteiger partial charge in [-0.3, -0.25) is 0 Å². The van der Waals surface area contributed by atoms with Crippen molar-refractivity contribution in [2.75, 3.05) is 0 Å². The summed E-state index contributed by atoms with van der Waals surface area (Å²) in [5, 5.41) is -0.246. The fourth-order valence-corrected chi connectivity index (χ4v) is 6.65. The van der Waals surface area contributed by atoms with Gasteiger partial charge in [0.2, 0.25) is 0 Å². The highest BCUT2D eigenvalue weighted by molar-refractivity contribution is 6.13. The number of aromatic nitrogens is 2. The van der Waals surface area contributed by atoms with Crippen LogP contribution in [0.2, 0.25) is 0 Å². The largest absolute Gasteiger partial charge is 0.309 e. The maximum atomic E-state index is 9.85. The van der Waals surface area contributed by atoms with Crippen LogP contribution in [-0.4, -0.2) is 9.13 Å². The van der Waals surface area contributed by atoms with E-state index in [1.54, 1.807) is 77.4 Å². The van der Waals surface area contributed by atoms with Crippen molar-refractivity contribution in [3.05, 3.63) is 194 Å². The standard InChI is InChI=1S/C48H32N2/c1-4-12-33(13-5-1)35-20-25-40(26-21-35)49-45-19-11-10-18-41(45)43-30-36(23-28-46(43)49)37-24-29-47-44(31-37)42-27-22-38(34-14-6-2-7-15-34)32-48(42)50(47)39-16-8-3-9-17-39/h1-32H/i10D,11D,18D,19D,22D,23D,24D,27D,28D,29D,30D,31D,32D. The Morgan fingerprint density at radius 3 is 1.38 bits per heavy atom. The molecule has 234 valence electrons. The number of rotatable bonds is 5. The van der Waals surface area contributed by atoms with Crippen molar-refractivity contribution in [3.63, 3.8) is 0 Å². The summed E-state index contributed by atoms with van der Waals surface area (Å²) in [5.41, 5.74) is 2.66. The lowest BCUT2D eigenvalue weighted by molar-refractivity contribution is 1.18. The molecular weight excluding hydrogens is 605 g/mol. The van der Waals surface area contributed by atoms with Crippen molar-refractivity contribution in [2.24, 2.45) is 0 Å². The van der Waals surface area contributed by atoms with Gasteiger partial charge in [-0.2, -0.15) is 0 Å². The predicted octanol–water partition coefficient (Wildman–Crippen LogP) is 12.9. The van der Waals surface area contributed by atoms with Crippen molar-refractivity contribution < 1.29 is 17.8 Å². The summed E-state index contributed by atoms with van der Waals surface area (Å²) < 4.78 is 124. The van der Waals surface area contributed by atoms with E-state index in [-0.39, 0.29) is 78.4 Å². The third-order valence-electron chi connectivity index (χ3n) is 9.00. The highest BCUT2D eigenvalue weighted by Gasteiger charge is 2.17. The van der Waals surface area contributed by atoms with E-state index < -0.39 is 60.4 Å². The second-order valence-corrected chi connectivity index (χ2v) is 11.9. The first-order valence-electron chi connectivity index (χ1n) is 22.6. The zero-order valence-electron chi connectivity index (χ0n) is 39.4. The Morgan fingerprint density at radius 1 is 0.300 bits per heavy atom. The van der Waals surface area contributed by atoms with Gasteiger partial charge < -0.3 is 9.13 Å². The van der Waals surface area contributed by atoms with Gasteiger partial charge in [0, 0.05) is 32.9 Å². The first kappa shape index (κ1) is 18.2. The molecule has 2 heterocycles. The summed E-state index contributed by atoms with van der Waals surface area (Å²) in [5.74, 6) is 0. The molecule has 8 aromatic carbocycles. The second kappa shape index (κ2) is 11.5. The third-order valence-corrected chi connectivity index (χ3v) is 9.00. The first-order chi connectivity index (χ1) is 30.3. The average Bonchev–Trinajstić information content (AvgIpc) is 3.86. The van der Waals surface area contributed by atoms with Gasteiger partial charge in [0.1, 0.15) is 0 Å². The average molecular weight is 650 g/mol. The van der Waals surface area contributed by atoms with Crippen LogP contribution in [0.4, 0.5) is 0 Å². The zero-order chi connectivity index (χ0) is 44.3. The fourth-order valence-electron chi connectivity index (χ4n) is 6.65. The van der Waals surface area contributed by atoms with E-state index in [9.17, 15) is 12.3 Å².